The van der Waals surface area contributed by atoms with Crippen LogP contribution in [0.2, 0.25) is 5.02 Å². The van der Waals surface area contributed by atoms with E-state index in [1.807, 2.05) is 55.5 Å². The number of halogens is 2. The van der Waals surface area contributed by atoms with Gasteiger partial charge in [0, 0.05) is 5.02 Å². The predicted molar refractivity (Wildman–Crippen MR) is 79.9 cm³/mol. The van der Waals surface area contributed by atoms with Crippen LogP contribution < -0.4 is 0 Å². The predicted octanol–water partition coefficient (Wildman–Crippen LogP) is 4.74. The van der Waals surface area contributed by atoms with E-state index in [4.69, 9.17) is 23.2 Å². The quantitative estimate of drug-likeness (QED) is 0.744. The highest BCUT2D eigenvalue weighted by Gasteiger charge is 2.20. The molecule has 0 bridgehead atoms. The van der Waals surface area contributed by atoms with Crippen LogP contribution in [0.25, 0.3) is 0 Å². The Hall–Kier alpha value is -1.31. The molecule has 0 spiro atoms. The summed E-state index contributed by atoms with van der Waals surface area (Å²) in [6.07, 6.45) is 0.519. The van der Waals surface area contributed by atoms with Gasteiger partial charge in [0.15, 0.2) is 0 Å². The summed E-state index contributed by atoms with van der Waals surface area (Å²) >= 11 is 11.9. The van der Waals surface area contributed by atoms with E-state index in [9.17, 15) is 4.79 Å². The summed E-state index contributed by atoms with van der Waals surface area (Å²) in [4.78, 5) is 11.7. The first-order valence-corrected chi connectivity index (χ1v) is 6.83. The average molecular weight is 293 g/mol. The van der Waals surface area contributed by atoms with E-state index in [0.29, 0.717) is 11.4 Å². The Labute approximate surface area is 123 Å². The highest BCUT2D eigenvalue weighted by Crippen LogP contribution is 2.27. The van der Waals surface area contributed by atoms with E-state index in [0.717, 1.165) is 16.7 Å². The zero-order valence-corrected chi connectivity index (χ0v) is 12.1. The first-order chi connectivity index (χ1) is 9.08. The zero-order valence-electron chi connectivity index (χ0n) is 10.6. The van der Waals surface area contributed by atoms with Crippen LogP contribution in [-0.4, -0.2) is 5.24 Å². The van der Waals surface area contributed by atoms with Crippen LogP contribution in [0.3, 0.4) is 0 Å². The molecule has 1 unspecified atom stereocenters. The van der Waals surface area contributed by atoms with Crippen LogP contribution in [0.15, 0.2) is 48.5 Å². The zero-order chi connectivity index (χ0) is 13.8. The van der Waals surface area contributed by atoms with E-state index in [1.54, 1.807) is 0 Å². The number of benzene rings is 2. The molecule has 0 fully saturated rings. The molecule has 2 aromatic carbocycles. The molecule has 19 heavy (non-hydrogen) atoms. The van der Waals surface area contributed by atoms with Gasteiger partial charge in [-0.1, -0.05) is 59.6 Å². The van der Waals surface area contributed by atoms with Crippen LogP contribution in [-0.2, 0) is 11.2 Å². The normalized spacial score (nSPS) is 12.2. The number of carbonyl (C=O) groups excluding carboxylic acids is 1. The molecule has 2 aromatic rings. The Morgan fingerprint density at radius 1 is 1.16 bits per heavy atom. The molecule has 0 heterocycles. The van der Waals surface area contributed by atoms with Gasteiger partial charge in [-0.15, -0.1) is 0 Å². The smallest absolute Gasteiger partial charge is 0.229 e. The Bertz CT molecular complexity index is 593. The number of carbonyl (C=O) groups is 1. The third-order valence-corrected chi connectivity index (χ3v) is 3.73. The molecule has 0 aliphatic rings. The molecule has 0 aromatic heterocycles. The van der Waals surface area contributed by atoms with Crippen molar-refractivity contribution in [1.82, 2.24) is 0 Å². The third kappa shape index (κ3) is 3.59. The van der Waals surface area contributed by atoms with Gasteiger partial charge < -0.3 is 0 Å². The van der Waals surface area contributed by atoms with E-state index < -0.39 is 0 Å². The average Bonchev–Trinajstić information content (AvgIpc) is 2.37. The second-order valence-corrected chi connectivity index (χ2v) is 5.35. The summed E-state index contributed by atoms with van der Waals surface area (Å²) in [7, 11) is 0. The summed E-state index contributed by atoms with van der Waals surface area (Å²) < 4.78 is 0. The molecule has 0 aliphatic heterocycles. The highest BCUT2D eigenvalue weighted by molar-refractivity contribution is 6.64. The monoisotopic (exact) mass is 292 g/mol. The lowest BCUT2D eigenvalue weighted by Gasteiger charge is -2.14. The van der Waals surface area contributed by atoms with Crippen molar-refractivity contribution in [2.45, 2.75) is 19.3 Å². The fourth-order valence-corrected chi connectivity index (χ4v) is 2.52. The molecule has 1 nitrogen and oxygen atoms in total. The van der Waals surface area contributed by atoms with E-state index >= 15 is 0 Å². The largest absolute Gasteiger partial charge is 0.281 e. The number of aryl methyl sites for hydroxylation is 1. The molecular formula is C16H14Cl2O. The van der Waals surface area contributed by atoms with Gasteiger partial charge in [-0.05, 0) is 42.1 Å². The van der Waals surface area contributed by atoms with E-state index in [-0.39, 0.29) is 11.2 Å². The lowest BCUT2D eigenvalue weighted by atomic mass is 9.92. The molecule has 0 amide bonds. The SMILES string of the molecule is Cc1cccc(C(Cc2ccccc2Cl)C(=O)Cl)c1. The maximum atomic E-state index is 11.7. The lowest BCUT2D eigenvalue weighted by Crippen LogP contribution is -2.10. The van der Waals surface area contributed by atoms with Crippen molar-refractivity contribution < 1.29 is 4.79 Å². The maximum Gasteiger partial charge on any atom is 0.229 e. The number of rotatable bonds is 4. The van der Waals surface area contributed by atoms with Gasteiger partial charge in [-0.25, -0.2) is 0 Å². The summed E-state index contributed by atoms with van der Waals surface area (Å²) in [6.45, 7) is 1.99. The highest BCUT2D eigenvalue weighted by atomic mass is 35.5. The Morgan fingerprint density at radius 3 is 2.53 bits per heavy atom. The number of hydrogen-bond acceptors (Lipinski definition) is 1. The molecule has 3 heteroatoms. The first-order valence-electron chi connectivity index (χ1n) is 6.07. The molecule has 2 rings (SSSR count). The summed E-state index contributed by atoms with van der Waals surface area (Å²) in [5.41, 5.74) is 2.98. The van der Waals surface area contributed by atoms with Gasteiger partial charge in [0.25, 0.3) is 0 Å². The molecular weight excluding hydrogens is 279 g/mol. The Balaban J connectivity index is 2.32. The first kappa shape index (κ1) is 14.1. The van der Waals surface area contributed by atoms with Crippen LogP contribution in [0.4, 0.5) is 0 Å². The second kappa shape index (κ2) is 6.23. The van der Waals surface area contributed by atoms with Gasteiger partial charge in [0.05, 0.1) is 5.92 Å². The van der Waals surface area contributed by atoms with Crippen molar-refractivity contribution in [3.8, 4) is 0 Å². The Morgan fingerprint density at radius 2 is 1.89 bits per heavy atom. The van der Waals surface area contributed by atoms with E-state index in [2.05, 4.69) is 0 Å². The van der Waals surface area contributed by atoms with Gasteiger partial charge in [0.1, 0.15) is 0 Å². The van der Waals surface area contributed by atoms with E-state index in [1.165, 1.54) is 0 Å². The molecule has 0 saturated heterocycles. The topological polar surface area (TPSA) is 17.1 Å². The van der Waals surface area contributed by atoms with Crippen molar-refractivity contribution in [1.29, 1.82) is 0 Å². The molecule has 1 atom stereocenters. The standard InChI is InChI=1S/C16H14Cl2O/c1-11-5-4-7-12(9-11)14(16(18)19)10-13-6-2-3-8-15(13)17/h2-9,14H,10H2,1H3. The minimum Gasteiger partial charge on any atom is -0.281 e. The second-order valence-electron chi connectivity index (χ2n) is 4.57. The van der Waals surface area contributed by atoms with Gasteiger partial charge in [-0.3, -0.25) is 4.79 Å². The Kier molecular flexibility index (Phi) is 4.62. The summed E-state index contributed by atoms with van der Waals surface area (Å²) in [5.74, 6) is -0.360. The van der Waals surface area contributed by atoms with Crippen molar-refractivity contribution in [3.63, 3.8) is 0 Å². The maximum absolute atomic E-state index is 11.7. The lowest BCUT2D eigenvalue weighted by molar-refractivity contribution is -0.113. The molecule has 0 saturated carbocycles. The molecule has 0 N–H and O–H groups in total. The number of hydrogen-bond donors (Lipinski definition) is 0. The van der Waals surface area contributed by atoms with Gasteiger partial charge >= 0.3 is 0 Å². The third-order valence-electron chi connectivity index (χ3n) is 3.10. The minimum absolute atomic E-state index is 0.356. The minimum atomic E-state index is -0.360. The fourth-order valence-electron chi connectivity index (χ4n) is 2.10. The molecule has 0 radical (unpaired) electrons. The van der Waals surface area contributed by atoms with Crippen LogP contribution in [0, 0.1) is 6.92 Å². The van der Waals surface area contributed by atoms with Crippen LogP contribution in [0.5, 0.6) is 0 Å². The van der Waals surface area contributed by atoms with Crippen molar-refractivity contribution >= 4 is 28.4 Å². The van der Waals surface area contributed by atoms with Crippen molar-refractivity contribution in [3.05, 3.63) is 70.2 Å². The summed E-state index contributed by atoms with van der Waals surface area (Å²) in [5, 5.41) is 0.309. The fraction of sp³-hybridized carbons (Fsp3) is 0.188. The van der Waals surface area contributed by atoms with Gasteiger partial charge in [0.2, 0.25) is 5.24 Å². The van der Waals surface area contributed by atoms with Crippen LogP contribution >= 0.6 is 23.2 Å². The van der Waals surface area contributed by atoms with Crippen molar-refractivity contribution in [2.24, 2.45) is 0 Å². The van der Waals surface area contributed by atoms with Crippen molar-refractivity contribution in [2.75, 3.05) is 0 Å². The summed E-state index contributed by atoms with van der Waals surface area (Å²) in [6, 6.07) is 15.4. The van der Waals surface area contributed by atoms with Gasteiger partial charge in [-0.2, -0.15) is 0 Å². The molecule has 0 aliphatic carbocycles. The molecule has 98 valence electrons. The van der Waals surface area contributed by atoms with Crippen LogP contribution in [0.1, 0.15) is 22.6 Å².